The van der Waals surface area contributed by atoms with Crippen molar-refractivity contribution in [2.24, 2.45) is 7.05 Å². The Hall–Kier alpha value is -3.37. The average Bonchev–Trinajstić information content (AvgIpc) is 3.31. The Kier molecular flexibility index (Phi) is 5.66. The molecule has 32 heavy (non-hydrogen) atoms. The van der Waals surface area contributed by atoms with E-state index in [1.165, 1.54) is 10.7 Å². The molecule has 170 valence electrons. The van der Waals surface area contributed by atoms with Crippen molar-refractivity contribution in [3.05, 3.63) is 47.5 Å². The van der Waals surface area contributed by atoms with E-state index < -0.39 is 11.9 Å². The molecule has 1 atom stereocenters. The Morgan fingerprint density at radius 3 is 2.75 bits per heavy atom. The third kappa shape index (κ3) is 4.46. The van der Waals surface area contributed by atoms with Crippen LogP contribution >= 0.6 is 0 Å². The predicted octanol–water partition coefficient (Wildman–Crippen LogP) is 3.75. The summed E-state index contributed by atoms with van der Waals surface area (Å²) in [6.45, 7) is 4.36. The summed E-state index contributed by atoms with van der Waals surface area (Å²) in [6.07, 6.45) is -2.02. The number of nitrogens with zero attached hydrogens (tertiary/aromatic N) is 5. The first kappa shape index (κ1) is 21.8. The van der Waals surface area contributed by atoms with Gasteiger partial charge in [-0.05, 0) is 44.9 Å². The average molecular weight is 448 g/mol. The third-order valence-corrected chi connectivity index (χ3v) is 5.13. The summed E-state index contributed by atoms with van der Waals surface area (Å²) >= 11 is 0. The van der Waals surface area contributed by atoms with Gasteiger partial charge in [0.15, 0.2) is 0 Å². The van der Waals surface area contributed by atoms with Crippen molar-refractivity contribution >= 4 is 5.91 Å². The summed E-state index contributed by atoms with van der Waals surface area (Å²) in [6, 6.07) is 5.44. The first-order chi connectivity index (χ1) is 15.1. The maximum atomic E-state index is 13.0. The van der Waals surface area contributed by atoms with Crippen LogP contribution in [0.1, 0.15) is 54.6 Å². The molecule has 0 fully saturated rings. The van der Waals surface area contributed by atoms with Crippen molar-refractivity contribution in [1.29, 1.82) is 0 Å². The summed E-state index contributed by atoms with van der Waals surface area (Å²) in [5.74, 6) is 0.0462. The minimum absolute atomic E-state index is 0.0713. The first-order valence-electron chi connectivity index (χ1n) is 10.2. The lowest BCUT2D eigenvalue weighted by molar-refractivity contribution is -0.141. The van der Waals surface area contributed by atoms with Crippen LogP contribution in [0.2, 0.25) is 0 Å². The zero-order valence-corrected chi connectivity index (χ0v) is 17.8. The second-order valence-corrected chi connectivity index (χ2v) is 7.93. The molecule has 0 saturated heterocycles. The molecule has 0 spiro atoms. The van der Waals surface area contributed by atoms with Gasteiger partial charge >= 0.3 is 6.18 Å². The van der Waals surface area contributed by atoms with Gasteiger partial charge in [0.2, 0.25) is 5.88 Å². The molecule has 1 aliphatic heterocycles. The number of aromatic nitrogens is 5. The van der Waals surface area contributed by atoms with Crippen molar-refractivity contribution in [3.63, 3.8) is 0 Å². The predicted molar refractivity (Wildman–Crippen MR) is 109 cm³/mol. The van der Waals surface area contributed by atoms with E-state index in [0.29, 0.717) is 35.8 Å². The molecule has 4 heterocycles. The van der Waals surface area contributed by atoms with E-state index in [-0.39, 0.29) is 18.1 Å². The van der Waals surface area contributed by atoms with Crippen LogP contribution in [0.15, 0.2) is 30.5 Å². The summed E-state index contributed by atoms with van der Waals surface area (Å²) < 4.78 is 47.8. The van der Waals surface area contributed by atoms with Crippen LogP contribution in [0.3, 0.4) is 0 Å². The fourth-order valence-corrected chi connectivity index (χ4v) is 3.70. The van der Waals surface area contributed by atoms with E-state index in [0.717, 1.165) is 24.4 Å². The summed E-state index contributed by atoms with van der Waals surface area (Å²) in [4.78, 5) is 16.3. The molecule has 3 aromatic rings. The molecule has 1 aliphatic rings. The van der Waals surface area contributed by atoms with Gasteiger partial charge in [0.05, 0.1) is 23.5 Å². The first-order valence-corrected chi connectivity index (χ1v) is 10.2. The Balaban J connectivity index is 1.57. The van der Waals surface area contributed by atoms with Gasteiger partial charge in [-0.1, -0.05) is 0 Å². The number of halogens is 3. The van der Waals surface area contributed by atoms with Crippen LogP contribution in [-0.2, 0) is 19.8 Å². The highest BCUT2D eigenvalue weighted by Crippen LogP contribution is 2.33. The van der Waals surface area contributed by atoms with Gasteiger partial charge in [-0.15, -0.1) is 5.10 Å². The lowest BCUT2D eigenvalue weighted by atomic mass is 10.0. The zero-order chi connectivity index (χ0) is 23.0. The van der Waals surface area contributed by atoms with E-state index in [1.54, 1.807) is 23.9 Å². The Labute approximate surface area is 182 Å². The normalized spacial score (nSPS) is 16.2. The van der Waals surface area contributed by atoms with E-state index >= 15 is 0 Å². The fraction of sp³-hybridized carbons (Fsp3) is 0.429. The number of rotatable bonds is 5. The number of amides is 1. The maximum absolute atomic E-state index is 13.0. The minimum Gasteiger partial charge on any atom is -0.474 e. The van der Waals surface area contributed by atoms with Crippen LogP contribution in [0.25, 0.3) is 11.3 Å². The molecule has 4 rings (SSSR count). The number of pyridine rings is 1. The highest BCUT2D eigenvalue weighted by molar-refractivity contribution is 5.93. The lowest BCUT2D eigenvalue weighted by Gasteiger charge is -2.24. The van der Waals surface area contributed by atoms with Crippen LogP contribution < -0.4 is 10.1 Å². The zero-order valence-electron chi connectivity index (χ0n) is 17.8. The van der Waals surface area contributed by atoms with E-state index in [4.69, 9.17) is 4.74 Å². The molecule has 1 N–H and O–H groups in total. The molecular formula is C21H23F3N6O2. The molecule has 1 amide bonds. The van der Waals surface area contributed by atoms with Crippen LogP contribution in [0, 0.1) is 0 Å². The minimum atomic E-state index is -4.53. The number of aryl methyl sites for hydroxylation is 2. The van der Waals surface area contributed by atoms with Crippen molar-refractivity contribution < 1.29 is 22.7 Å². The topological polar surface area (TPSA) is 86.9 Å². The third-order valence-electron chi connectivity index (χ3n) is 5.13. The van der Waals surface area contributed by atoms with E-state index in [9.17, 15) is 18.0 Å². The van der Waals surface area contributed by atoms with Gasteiger partial charge < -0.3 is 10.1 Å². The summed E-state index contributed by atoms with van der Waals surface area (Å²) in [5.41, 5.74) is 0.845. The number of carbonyl (C=O) groups is 1. The lowest BCUT2D eigenvalue weighted by Crippen LogP contribution is -2.33. The number of hydrogen-bond donors (Lipinski definition) is 1. The molecule has 0 aromatic carbocycles. The van der Waals surface area contributed by atoms with Gasteiger partial charge in [-0.3, -0.25) is 19.1 Å². The Bertz CT molecular complexity index is 1140. The second kappa shape index (κ2) is 8.29. The van der Waals surface area contributed by atoms with Crippen LogP contribution in [-0.4, -0.2) is 36.6 Å². The fourth-order valence-electron chi connectivity index (χ4n) is 3.70. The van der Waals surface area contributed by atoms with Crippen LogP contribution in [0.4, 0.5) is 13.2 Å². The largest absolute Gasteiger partial charge is 0.474 e. The molecule has 0 unspecified atom stereocenters. The SMILES string of the molecule is CC(C)Oc1cc(C(=O)N[C@H]2CCCn3nc(-c4ccnc(C(F)(F)F)c4)cc32)n(C)n1. The van der Waals surface area contributed by atoms with Gasteiger partial charge in [-0.2, -0.15) is 18.3 Å². The standard InChI is InChI=1S/C21H23F3N6O2/c1-12(2)32-19-11-17(29(3)28-19)20(31)26-14-5-4-8-30-16(14)10-15(27-30)13-6-7-25-18(9-13)21(22,23)24/h6-7,9-12,14H,4-5,8H2,1-3H3,(H,26,31)/t14-/m0/s1. The smallest absolute Gasteiger partial charge is 0.433 e. The molecule has 3 aromatic heterocycles. The van der Waals surface area contributed by atoms with Crippen molar-refractivity contribution in [1.82, 2.24) is 29.9 Å². The monoisotopic (exact) mass is 448 g/mol. The summed E-state index contributed by atoms with van der Waals surface area (Å²) in [7, 11) is 1.66. The van der Waals surface area contributed by atoms with Gasteiger partial charge in [0.1, 0.15) is 11.4 Å². The highest BCUT2D eigenvalue weighted by atomic mass is 19.4. The van der Waals surface area contributed by atoms with Crippen molar-refractivity contribution in [2.45, 2.75) is 51.6 Å². The second-order valence-electron chi connectivity index (χ2n) is 7.93. The van der Waals surface area contributed by atoms with Gasteiger partial charge in [0.25, 0.3) is 5.91 Å². The molecular weight excluding hydrogens is 425 g/mol. The number of nitrogens with one attached hydrogen (secondary N) is 1. The highest BCUT2D eigenvalue weighted by Gasteiger charge is 2.33. The molecule has 0 aliphatic carbocycles. The van der Waals surface area contributed by atoms with E-state index in [1.807, 2.05) is 13.8 Å². The van der Waals surface area contributed by atoms with Crippen molar-refractivity contribution in [3.8, 4) is 17.1 Å². The molecule has 0 radical (unpaired) electrons. The molecule has 8 nitrogen and oxygen atoms in total. The number of carbonyl (C=O) groups excluding carboxylic acids is 1. The van der Waals surface area contributed by atoms with E-state index in [2.05, 4.69) is 20.5 Å². The Morgan fingerprint density at radius 1 is 1.25 bits per heavy atom. The molecule has 0 bridgehead atoms. The molecule has 0 saturated carbocycles. The van der Waals surface area contributed by atoms with Crippen LogP contribution in [0.5, 0.6) is 5.88 Å². The van der Waals surface area contributed by atoms with Gasteiger partial charge in [-0.25, -0.2) is 0 Å². The number of alkyl halides is 3. The summed E-state index contributed by atoms with van der Waals surface area (Å²) in [5, 5.41) is 11.7. The Morgan fingerprint density at radius 2 is 2.03 bits per heavy atom. The van der Waals surface area contributed by atoms with Gasteiger partial charge in [0, 0.05) is 31.4 Å². The number of ether oxygens (including phenoxy) is 1. The quantitative estimate of drug-likeness (QED) is 0.643. The number of hydrogen-bond acceptors (Lipinski definition) is 5. The molecule has 11 heteroatoms. The number of fused-ring (bicyclic) bond motifs is 1. The maximum Gasteiger partial charge on any atom is 0.433 e. The van der Waals surface area contributed by atoms with Crippen molar-refractivity contribution in [2.75, 3.05) is 0 Å².